The highest BCUT2D eigenvalue weighted by Crippen LogP contribution is 2.38. The number of hydrogen-bond donors (Lipinski definition) is 1. The van der Waals surface area contributed by atoms with Crippen LogP contribution in [0.25, 0.3) is 0 Å². The smallest absolute Gasteiger partial charge is 0.283 e. The van der Waals surface area contributed by atoms with Gasteiger partial charge in [-0.05, 0) is 25.1 Å². The van der Waals surface area contributed by atoms with E-state index in [9.17, 15) is 14.5 Å². The quantitative estimate of drug-likeness (QED) is 0.685. The predicted octanol–water partition coefficient (Wildman–Crippen LogP) is 3.90. The van der Waals surface area contributed by atoms with Crippen LogP contribution in [0.4, 0.5) is 10.1 Å². The number of para-hydroxylation sites is 1. The summed E-state index contributed by atoms with van der Waals surface area (Å²) in [6.45, 7) is 1.68. The molecule has 0 fully saturated rings. The molecule has 2 aromatic carbocycles. The van der Waals surface area contributed by atoms with Crippen LogP contribution in [0.15, 0.2) is 52.3 Å². The zero-order valence-corrected chi connectivity index (χ0v) is 11.6. The predicted molar refractivity (Wildman–Crippen MR) is 76.2 cm³/mol. The molecule has 0 aliphatic heterocycles. The Morgan fingerprint density at radius 3 is 2.50 bits per heavy atom. The van der Waals surface area contributed by atoms with E-state index < -0.39 is 16.8 Å². The Morgan fingerprint density at radius 1 is 1.20 bits per heavy atom. The Hall–Kier alpha value is -1.92. The molecule has 0 bridgehead atoms. The summed E-state index contributed by atoms with van der Waals surface area (Å²) in [6.07, 6.45) is 0. The van der Waals surface area contributed by atoms with Crippen LogP contribution in [-0.2, 0) is 0 Å². The van der Waals surface area contributed by atoms with Crippen molar-refractivity contribution in [2.24, 2.45) is 5.73 Å². The van der Waals surface area contributed by atoms with Crippen LogP contribution in [-0.4, -0.2) is 4.92 Å². The lowest BCUT2D eigenvalue weighted by molar-refractivity contribution is -0.387. The number of rotatable bonds is 4. The molecular weight excluding hydrogens is 279 g/mol. The fourth-order valence-corrected chi connectivity index (χ4v) is 3.03. The molecule has 2 N–H and O–H groups in total. The highest BCUT2D eigenvalue weighted by atomic mass is 32.2. The van der Waals surface area contributed by atoms with Crippen LogP contribution in [0.2, 0.25) is 0 Å². The maximum absolute atomic E-state index is 13.8. The summed E-state index contributed by atoms with van der Waals surface area (Å²) in [5, 5.41) is 11.0. The van der Waals surface area contributed by atoms with E-state index in [1.54, 1.807) is 37.3 Å². The summed E-state index contributed by atoms with van der Waals surface area (Å²) in [4.78, 5) is 11.6. The average Bonchev–Trinajstić information content (AvgIpc) is 2.38. The summed E-state index contributed by atoms with van der Waals surface area (Å²) < 4.78 is 13.8. The molecule has 0 unspecified atom stereocenters. The van der Waals surface area contributed by atoms with E-state index in [2.05, 4.69) is 0 Å². The minimum atomic E-state index is -0.485. The maximum Gasteiger partial charge on any atom is 0.283 e. The van der Waals surface area contributed by atoms with Crippen LogP contribution < -0.4 is 5.73 Å². The molecule has 104 valence electrons. The van der Waals surface area contributed by atoms with Gasteiger partial charge in [-0.15, -0.1) is 0 Å². The van der Waals surface area contributed by atoms with Gasteiger partial charge >= 0.3 is 0 Å². The van der Waals surface area contributed by atoms with Crippen molar-refractivity contribution < 1.29 is 9.31 Å². The van der Waals surface area contributed by atoms with Crippen molar-refractivity contribution in [1.82, 2.24) is 0 Å². The minimum absolute atomic E-state index is 0.00242. The lowest BCUT2D eigenvalue weighted by Gasteiger charge is -2.13. The standard InChI is InChI=1S/C14H13FN2O2S/c1-9(16)14-10(15)5-4-8-13(14)20-12-7-3-2-6-11(12)17(18)19/h2-9H,16H2,1H3/t9-/m1/s1. The van der Waals surface area contributed by atoms with Crippen molar-refractivity contribution in [3.8, 4) is 0 Å². The number of hydrogen-bond acceptors (Lipinski definition) is 4. The summed E-state index contributed by atoms with van der Waals surface area (Å²) in [7, 11) is 0. The van der Waals surface area contributed by atoms with E-state index >= 15 is 0 Å². The normalized spacial score (nSPS) is 12.2. The van der Waals surface area contributed by atoms with Gasteiger partial charge in [-0.3, -0.25) is 10.1 Å². The Morgan fingerprint density at radius 2 is 1.85 bits per heavy atom. The van der Waals surface area contributed by atoms with Gasteiger partial charge in [0, 0.05) is 22.6 Å². The van der Waals surface area contributed by atoms with Gasteiger partial charge in [0.25, 0.3) is 5.69 Å². The first kappa shape index (κ1) is 14.5. The first-order valence-electron chi connectivity index (χ1n) is 5.96. The molecule has 2 rings (SSSR count). The van der Waals surface area contributed by atoms with Gasteiger partial charge in [0.05, 0.1) is 9.82 Å². The molecule has 0 aliphatic carbocycles. The zero-order chi connectivity index (χ0) is 14.7. The molecule has 20 heavy (non-hydrogen) atoms. The molecule has 1 atom stereocenters. The van der Waals surface area contributed by atoms with Gasteiger partial charge in [-0.25, -0.2) is 4.39 Å². The number of nitrogens with two attached hydrogens (primary N) is 1. The van der Waals surface area contributed by atoms with E-state index in [1.165, 1.54) is 12.1 Å². The monoisotopic (exact) mass is 292 g/mol. The highest BCUT2D eigenvalue weighted by molar-refractivity contribution is 7.99. The van der Waals surface area contributed by atoms with Gasteiger partial charge < -0.3 is 5.73 Å². The number of nitro groups is 1. The van der Waals surface area contributed by atoms with Crippen molar-refractivity contribution in [2.45, 2.75) is 22.8 Å². The van der Waals surface area contributed by atoms with Crippen molar-refractivity contribution >= 4 is 17.4 Å². The fourth-order valence-electron chi connectivity index (χ4n) is 1.86. The van der Waals surface area contributed by atoms with Gasteiger partial charge in [0.15, 0.2) is 0 Å². The van der Waals surface area contributed by atoms with Gasteiger partial charge in [-0.2, -0.15) is 0 Å². The van der Waals surface area contributed by atoms with Crippen LogP contribution in [0.5, 0.6) is 0 Å². The molecule has 0 spiro atoms. The Bertz CT molecular complexity index is 647. The third-order valence-corrected chi connectivity index (χ3v) is 3.89. The first-order valence-corrected chi connectivity index (χ1v) is 6.77. The fraction of sp³-hybridized carbons (Fsp3) is 0.143. The molecule has 6 heteroatoms. The van der Waals surface area contributed by atoms with E-state index in [0.717, 1.165) is 11.8 Å². The molecule has 0 saturated carbocycles. The molecule has 2 aromatic rings. The first-order chi connectivity index (χ1) is 9.50. The lowest BCUT2D eigenvalue weighted by Crippen LogP contribution is -2.09. The largest absolute Gasteiger partial charge is 0.324 e. The van der Waals surface area contributed by atoms with Crippen molar-refractivity contribution in [3.05, 3.63) is 64.0 Å². The number of benzene rings is 2. The molecule has 0 saturated heterocycles. The van der Waals surface area contributed by atoms with Gasteiger partial charge in [0.2, 0.25) is 0 Å². The molecule has 0 aromatic heterocycles. The van der Waals surface area contributed by atoms with Crippen molar-refractivity contribution in [1.29, 1.82) is 0 Å². The molecule has 0 radical (unpaired) electrons. The second kappa shape index (κ2) is 6.02. The van der Waals surface area contributed by atoms with E-state index in [0.29, 0.717) is 15.4 Å². The molecule has 0 amide bonds. The van der Waals surface area contributed by atoms with Crippen molar-refractivity contribution in [2.75, 3.05) is 0 Å². The van der Waals surface area contributed by atoms with Gasteiger partial charge in [-0.1, -0.05) is 30.0 Å². The summed E-state index contributed by atoms with van der Waals surface area (Å²) in [5.41, 5.74) is 6.15. The lowest BCUT2D eigenvalue weighted by atomic mass is 10.1. The summed E-state index contributed by atoms with van der Waals surface area (Å²) >= 11 is 1.15. The van der Waals surface area contributed by atoms with E-state index in [-0.39, 0.29) is 5.69 Å². The molecule has 0 heterocycles. The highest BCUT2D eigenvalue weighted by Gasteiger charge is 2.18. The van der Waals surface area contributed by atoms with Crippen LogP contribution in [0.3, 0.4) is 0 Å². The number of nitrogens with zero attached hydrogens (tertiary/aromatic N) is 1. The maximum atomic E-state index is 13.8. The molecule has 4 nitrogen and oxygen atoms in total. The zero-order valence-electron chi connectivity index (χ0n) is 10.7. The second-order valence-corrected chi connectivity index (χ2v) is 5.35. The number of nitro benzene ring substituents is 1. The second-order valence-electron chi connectivity index (χ2n) is 4.27. The third-order valence-electron chi connectivity index (χ3n) is 2.75. The Balaban J connectivity index is 2.46. The Labute approximate surface area is 119 Å². The van der Waals surface area contributed by atoms with E-state index in [1.807, 2.05) is 0 Å². The molecular formula is C14H13FN2O2S. The van der Waals surface area contributed by atoms with Crippen molar-refractivity contribution in [3.63, 3.8) is 0 Å². The minimum Gasteiger partial charge on any atom is -0.324 e. The van der Waals surface area contributed by atoms with Crippen LogP contribution >= 0.6 is 11.8 Å². The summed E-state index contributed by atoms with van der Waals surface area (Å²) in [6, 6.07) is 10.5. The van der Waals surface area contributed by atoms with Crippen LogP contribution in [0.1, 0.15) is 18.5 Å². The third kappa shape index (κ3) is 2.97. The Kier molecular flexibility index (Phi) is 4.36. The number of halogens is 1. The average molecular weight is 292 g/mol. The van der Waals surface area contributed by atoms with Gasteiger partial charge in [0.1, 0.15) is 5.82 Å². The topological polar surface area (TPSA) is 69.2 Å². The summed E-state index contributed by atoms with van der Waals surface area (Å²) in [5.74, 6) is -0.399. The van der Waals surface area contributed by atoms with E-state index in [4.69, 9.17) is 5.73 Å². The SMILES string of the molecule is C[C@@H](N)c1c(F)cccc1Sc1ccccc1[N+](=O)[O-]. The molecule has 0 aliphatic rings. The van der Waals surface area contributed by atoms with Crippen LogP contribution in [0, 0.1) is 15.9 Å².